The molecule has 6 nitrogen and oxygen atoms in total. The molecule has 0 unspecified atom stereocenters. The van der Waals surface area contributed by atoms with E-state index in [2.05, 4.69) is 16.3 Å². The summed E-state index contributed by atoms with van der Waals surface area (Å²) in [5.41, 5.74) is 2.41. The molecule has 1 fully saturated rings. The van der Waals surface area contributed by atoms with E-state index in [1.165, 1.54) is 11.1 Å². The highest BCUT2D eigenvalue weighted by atomic mass is 16.5. The molecule has 2 heterocycles. The maximum absolute atomic E-state index is 5.71. The molecular weight excluding hydrogens is 284 g/mol. The smallest absolute Gasteiger partial charge is 0.203 e. The van der Waals surface area contributed by atoms with Gasteiger partial charge in [0.15, 0.2) is 11.5 Å². The average molecular weight is 308 g/mol. The van der Waals surface area contributed by atoms with Crippen LogP contribution in [0.5, 0.6) is 17.2 Å². The van der Waals surface area contributed by atoms with Crippen LogP contribution in [0.2, 0.25) is 0 Å². The van der Waals surface area contributed by atoms with E-state index < -0.39 is 0 Å². The summed E-state index contributed by atoms with van der Waals surface area (Å²) in [6.07, 6.45) is 0. The van der Waals surface area contributed by atoms with Gasteiger partial charge in [-0.05, 0) is 11.6 Å². The Morgan fingerprint density at radius 3 is 2.45 bits per heavy atom. The summed E-state index contributed by atoms with van der Waals surface area (Å²) < 4.78 is 22.2. The van der Waals surface area contributed by atoms with E-state index in [9.17, 15) is 0 Å². The Bertz CT molecular complexity index is 529. The van der Waals surface area contributed by atoms with Gasteiger partial charge in [0.05, 0.1) is 40.6 Å². The molecule has 1 N–H and O–H groups in total. The number of nitrogens with one attached hydrogen (secondary N) is 1. The molecule has 0 bridgehead atoms. The third kappa shape index (κ3) is 2.62. The Hall–Kier alpha value is -1.50. The van der Waals surface area contributed by atoms with Gasteiger partial charge in [0.1, 0.15) is 0 Å². The van der Waals surface area contributed by atoms with Gasteiger partial charge in [0.2, 0.25) is 5.75 Å². The number of morpholine rings is 1. The van der Waals surface area contributed by atoms with Crippen LogP contribution in [0.1, 0.15) is 17.2 Å². The van der Waals surface area contributed by atoms with E-state index in [0.717, 1.165) is 45.1 Å². The maximum Gasteiger partial charge on any atom is 0.203 e. The molecule has 122 valence electrons. The van der Waals surface area contributed by atoms with Crippen LogP contribution in [0.4, 0.5) is 0 Å². The minimum atomic E-state index is 0.266. The number of nitrogens with zero attached hydrogens (tertiary/aromatic N) is 1. The molecule has 0 aromatic heterocycles. The lowest BCUT2D eigenvalue weighted by Crippen LogP contribution is -2.45. The Morgan fingerprint density at radius 2 is 1.82 bits per heavy atom. The van der Waals surface area contributed by atoms with Crippen molar-refractivity contribution >= 4 is 0 Å². The highest BCUT2D eigenvalue weighted by Gasteiger charge is 2.33. The summed E-state index contributed by atoms with van der Waals surface area (Å²) in [6.45, 7) is 5.14. The Kier molecular flexibility index (Phi) is 4.71. The molecule has 22 heavy (non-hydrogen) atoms. The van der Waals surface area contributed by atoms with Gasteiger partial charge in [-0.1, -0.05) is 0 Å². The van der Waals surface area contributed by atoms with Crippen LogP contribution in [0, 0.1) is 0 Å². The average Bonchev–Trinajstić information content (AvgIpc) is 2.60. The van der Waals surface area contributed by atoms with Gasteiger partial charge >= 0.3 is 0 Å². The van der Waals surface area contributed by atoms with E-state index in [-0.39, 0.29) is 6.04 Å². The lowest BCUT2D eigenvalue weighted by atomic mass is 9.93. The molecule has 1 saturated heterocycles. The van der Waals surface area contributed by atoms with Crippen molar-refractivity contribution in [2.24, 2.45) is 0 Å². The number of hydrogen-bond acceptors (Lipinski definition) is 6. The maximum atomic E-state index is 5.71. The second-order valence-corrected chi connectivity index (χ2v) is 5.51. The van der Waals surface area contributed by atoms with E-state index >= 15 is 0 Å². The number of benzene rings is 1. The number of fused-ring (bicyclic) bond motifs is 1. The van der Waals surface area contributed by atoms with Gasteiger partial charge in [-0.2, -0.15) is 0 Å². The number of hydrogen-bond donors (Lipinski definition) is 1. The van der Waals surface area contributed by atoms with Gasteiger partial charge in [0.25, 0.3) is 0 Å². The Balaban J connectivity index is 2.07. The molecule has 1 aromatic carbocycles. The molecular formula is C16H24N2O4. The van der Waals surface area contributed by atoms with E-state index in [4.69, 9.17) is 18.9 Å². The molecule has 0 spiro atoms. The highest BCUT2D eigenvalue weighted by molar-refractivity contribution is 5.60. The Morgan fingerprint density at radius 1 is 1.09 bits per heavy atom. The second-order valence-electron chi connectivity index (χ2n) is 5.51. The van der Waals surface area contributed by atoms with Crippen molar-refractivity contribution in [2.75, 3.05) is 54.2 Å². The van der Waals surface area contributed by atoms with Crippen molar-refractivity contribution < 1.29 is 18.9 Å². The minimum Gasteiger partial charge on any atom is -0.493 e. The fourth-order valence-electron chi connectivity index (χ4n) is 3.39. The summed E-state index contributed by atoms with van der Waals surface area (Å²) in [6, 6.07) is 2.32. The fraction of sp³-hybridized carbons (Fsp3) is 0.625. The summed E-state index contributed by atoms with van der Waals surface area (Å²) in [4.78, 5) is 2.45. The molecule has 0 aliphatic carbocycles. The normalized spacial score (nSPS) is 22.0. The monoisotopic (exact) mass is 308 g/mol. The molecule has 1 aromatic rings. The van der Waals surface area contributed by atoms with Gasteiger partial charge in [-0.15, -0.1) is 0 Å². The molecule has 2 aliphatic rings. The van der Waals surface area contributed by atoms with Crippen molar-refractivity contribution in [3.05, 3.63) is 17.2 Å². The largest absolute Gasteiger partial charge is 0.493 e. The first-order valence-corrected chi connectivity index (χ1v) is 7.64. The highest BCUT2D eigenvalue weighted by Crippen LogP contribution is 2.46. The predicted molar refractivity (Wildman–Crippen MR) is 82.9 cm³/mol. The molecule has 3 rings (SSSR count). The van der Waals surface area contributed by atoms with Crippen LogP contribution in [0.15, 0.2) is 6.07 Å². The number of rotatable bonds is 4. The standard InChI is InChI=1S/C16H24N2O4/c1-19-13-8-11-9-17-10-12(18-4-6-22-7-5-18)14(11)16(21-3)15(13)20-2/h8,12,17H,4-7,9-10H2,1-3H3/t12-/m1/s1. The zero-order valence-electron chi connectivity index (χ0n) is 13.5. The van der Waals surface area contributed by atoms with Crippen molar-refractivity contribution in [1.29, 1.82) is 0 Å². The van der Waals surface area contributed by atoms with E-state index in [1.54, 1.807) is 21.3 Å². The summed E-state index contributed by atoms with van der Waals surface area (Å²) in [7, 11) is 4.99. The molecule has 6 heteroatoms. The third-order valence-corrected chi connectivity index (χ3v) is 4.43. The first-order chi connectivity index (χ1) is 10.8. The molecule has 1 atom stereocenters. The molecule has 2 aliphatic heterocycles. The fourth-order valence-corrected chi connectivity index (χ4v) is 3.39. The molecule has 0 radical (unpaired) electrons. The van der Waals surface area contributed by atoms with Crippen LogP contribution in [0.3, 0.4) is 0 Å². The van der Waals surface area contributed by atoms with Crippen LogP contribution in [-0.2, 0) is 11.3 Å². The van der Waals surface area contributed by atoms with Gasteiger partial charge in [-0.25, -0.2) is 0 Å². The third-order valence-electron chi connectivity index (χ3n) is 4.43. The lowest BCUT2D eigenvalue weighted by molar-refractivity contribution is 0.0140. The van der Waals surface area contributed by atoms with Crippen LogP contribution < -0.4 is 19.5 Å². The van der Waals surface area contributed by atoms with Crippen LogP contribution in [-0.4, -0.2) is 59.1 Å². The van der Waals surface area contributed by atoms with Crippen LogP contribution >= 0.6 is 0 Å². The topological polar surface area (TPSA) is 52.2 Å². The SMILES string of the molecule is COc1cc2c(c(OC)c1OC)[C@H](N1CCOCC1)CNC2. The number of ether oxygens (including phenoxy) is 4. The van der Waals surface area contributed by atoms with Crippen LogP contribution in [0.25, 0.3) is 0 Å². The van der Waals surface area contributed by atoms with Crippen molar-refractivity contribution in [1.82, 2.24) is 10.2 Å². The van der Waals surface area contributed by atoms with Crippen molar-refractivity contribution in [2.45, 2.75) is 12.6 Å². The lowest BCUT2D eigenvalue weighted by Gasteiger charge is -2.39. The molecule has 0 saturated carbocycles. The van der Waals surface area contributed by atoms with E-state index in [0.29, 0.717) is 11.5 Å². The minimum absolute atomic E-state index is 0.266. The van der Waals surface area contributed by atoms with E-state index in [1.807, 2.05) is 0 Å². The summed E-state index contributed by atoms with van der Waals surface area (Å²) in [5, 5.41) is 3.49. The first-order valence-electron chi connectivity index (χ1n) is 7.64. The van der Waals surface area contributed by atoms with Crippen molar-refractivity contribution in [3.63, 3.8) is 0 Å². The zero-order valence-corrected chi connectivity index (χ0v) is 13.5. The number of methoxy groups -OCH3 is 3. The quantitative estimate of drug-likeness (QED) is 0.902. The van der Waals surface area contributed by atoms with Gasteiger partial charge in [0, 0.05) is 31.7 Å². The van der Waals surface area contributed by atoms with Gasteiger partial charge < -0.3 is 24.3 Å². The van der Waals surface area contributed by atoms with Crippen molar-refractivity contribution in [3.8, 4) is 17.2 Å². The predicted octanol–water partition coefficient (Wildman–Crippen LogP) is 1.19. The first kappa shape index (κ1) is 15.4. The van der Waals surface area contributed by atoms with Gasteiger partial charge in [-0.3, -0.25) is 4.90 Å². The summed E-state index contributed by atoms with van der Waals surface area (Å²) in [5.74, 6) is 2.17. The summed E-state index contributed by atoms with van der Waals surface area (Å²) >= 11 is 0. The second kappa shape index (κ2) is 6.73. The zero-order chi connectivity index (χ0) is 15.5. The Labute approximate surface area is 131 Å². The molecule has 0 amide bonds.